The van der Waals surface area contributed by atoms with Crippen LogP contribution in [0.3, 0.4) is 0 Å². The number of halogens is 3. The first kappa shape index (κ1) is 13.4. The zero-order chi connectivity index (χ0) is 12.0. The van der Waals surface area contributed by atoms with E-state index in [0.29, 0.717) is 0 Å². The summed E-state index contributed by atoms with van der Waals surface area (Å²) in [6.07, 6.45) is 3.62. The van der Waals surface area contributed by atoms with Gasteiger partial charge in [0.15, 0.2) is 0 Å². The summed E-state index contributed by atoms with van der Waals surface area (Å²) >= 11 is 16.3. The van der Waals surface area contributed by atoms with Gasteiger partial charge in [0.2, 0.25) is 5.90 Å². The lowest BCUT2D eigenvalue weighted by Gasteiger charge is -2.11. The van der Waals surface area contributed by atoms with Gasteiger partial charge in [-0.2, -0.15) is 0 Å². The summed E-state index contributed by atoms with van der Waals surface area (Å²) in [7, 11) is 0. The quantitative estimate of drug-likeness (QED) is 0.505. The topological polar surface area (TPSA) is 33.1 Å². The molecule has 0 fully saturated rings. The van der Waals surface area contributed by atoms with E-state index >= 15 is 0 Å². The van der Waals surface area contributed by atoms with E-state index in [0.717, 1.165) is 5.56 Å². The molecule has 0 aromatic heterocycles. The van der Waals surface area contributed by atoms with Gasteiger partial charge in [-0.25, -0.2) is 0 Å². The van der Waals surface area contributed by atoms with Crippen LogP contribution in [-0.2, 0) is 4.74 Å². The number of alkyl halides is 3. The van der Waals surface area contributed by atoms with Crippen molar-refractivity contribution in [2.75, 3.05) is 6.61 Å². The largest absolute Gasteiger partial charge is 0.474 e. The Morgan fingerprint density at radius 3 is 2.44 bits per heavy atom. The van der Waals surface area contributed by atoms with Crippen molar-refractivity contribution in [2.45, 2.75) is 3.79 Å². The molecule has 2 nitrogen and oxygen atoms in total. The van der Waals surface area contributed by atoms with Crippen LogP contribution in [0.15, 0.2) is 36.4 Å². The summed E-state index contributed by atoms with van der Waals surface area (Å²) < 4.78 is 3.14. The summed E-state index contributed by atoms with van der Waals surface area (Å²) in [6, 6.07) is 9.72. The van der Waals surface area contributed by atoms with Crippen LogP contribution in [0.1, 0.15) is 5.56 Å². The Morgan fingerprint density at radius 2 is 1.88 bits per heavy atom. The molecule has 0 aliphatic rings. The molecule has 1 rings (SSSR count). The first-order chi connectivity index (χ1) is 7.50. The smallest absolute Gasteiger partial charge is 0.265 e. The molecule has 0 aliphatic heterocycles. The molecule has 0 spiro atoms. The molecule has 0 bridgehead atoms. The predicted molar refractivity (Wildman–Crippen MR) is 69.4 cm³/mol. The van der Waals surface area contributed by atoms with Gasteiger partial charge < -0.3 is 4.74 Å². The number of benzene rings is 1. The van der Waals surface area contributed by atoms with Crippen molar-refractivity contribution in [2.24, 2.45) is 0 Å². The number of nitrogens with one attached hydrogen (secondary N) is 1. The average molecular weight is 279 g/mol. The molecule has 0 saturated heterocycles. The second-order valence-electron chi connectivity index (χ2n) is 2.95. The molecule has 0 aliphatic carbocycles. The number of ether oxygens (including phenoxy) is 1. The van der Waals surface area contributed by atoms with E-state index in [1.165, 1.54) is 0 Å². The van der Waals surface area contributed by atoms with Crippen LogP contribution in [0.4, 0.5) is 0 Å². The summed E-state index contributed by atoms with van der Waals surface area (Å²) in [5, 5.41) is 7.27. The lowest BCUT2D eigenvalue weighted by molar-refractivity contribution is 0.341. The van der Waals surface area contributed by atoms with Gasteiger partial charge in [-0.05, 0) is 11.6 Å². The average Bonchev–Trinajstić information content (AvgIpc) is 2.24. The Kier molecular flexibility index (Phi) is 5.13. The fourth-order valence-electron chi connectivity index (χ4n) is 0.962. The van der Waals surface area contributed by atoms with E-state index in [-0.39, 0.29) is 12.5 Å². The lowest BCUT2D eigenvalue weighted by Crippen LogP contribution is -2.21. The highest BCUT2D eigenvalue weighted by atomic mass is 35.6. The molecule has 5 heteroatoms. The maximum Gasteiger partial charge on any atom is 0.265 e. The fourth-order valence-corrected chi connectivity index (χ4v) is 1.13. The molecule has 0 amide bonds. The highest BCUT2D eigenvalue weighted by Crippen LogP contribution is 2.27. The number of hydrogen-bond donors (Lipinski definition) is 1. The van der Waals surface area contributed by atoms with E-state index in [1.54, 1.807) is 6.08 Å². The minimum Gasteiger partial charge on any atom is -0.474 e. The third kappa shape index (κ3) is 4.88. The molecule has 86 valence electrons. The standard InChI is InChI=1S/C11H10Cl3NO/c12-11(13,14)10(15)16-8-4-7-9-5-2-1-3-6-9/h1-7,15H,8H2/b7-4+,15-10?. The Labute approximate surface area is 109 Å². The molecule has 1 N–H and O–H groups in total. The maximum atomic E-state index is 7.27. The molecular weight excluding hydrogens is 268 g/mol. The lowest BCUT2D eigenvalue weighted by atomic mass is 10.2. The van der Waals surface area contributed by atoms with Gasteiger partial charge in [0.1, 0.15) is 6.61 Å². The summed E-state index contributed by atoms with van der Waals surface area (Å²) in [6.45, 7) is 0.196. The molecule has 0 atom stereocenters. The van der Waals surface area contributed by atoms with Crippen LogP contribution in [0.25, 0.3) is 6.08 Å². The van der Waals surface area contributed by atoms with Gasteiger partial charge in [0.25, 0.3) is 3.79 Å². The summed E-state index contributed by atoms with van der Waals surface area (Å²) in [5.74, 6) is -0.379. The van der Waals surface area contributed by atoms with E-state index < -0.39 is 3.79 Å². The van der Waals surface area contributed by atoms with Crippen molar-refractivity contribution >= 4 is 46.8 Å². The Hall–Kier alpha value is -0.700. The highest BCUT2D eigenvalue weighted by Gasteiger charge is 2.28. The van der Waals surface area contributed by atoms with Crippen molar-refractivity contribution < 1.29 is 4.74 Å². The highest BCUT2D eigenvalue weighted by molar-refractivity contribution is 6.76. The van der Waals surface area contributed by atoms with Gasteiger partial charge in [-0.3, -0.25) is 5.41 Å². The van der Waals surface area contributed by atoms with E-state index in [1.807, 2.05) is 36.4 Å². The predicted octanol–water partition coefficient (Wildman–Crippen LogP) is 4.06. The van der Waals surface area contributed by atoms with Crippen LogP contribution >= 0.6 is 34.8 Å². The number of hydrogen-bond acceptors (Lipinski definition) is 2. The molecule has 0 radical (unpaired) electrons. The molecular formula is C11H10Cl3NO. The monoisotopic (exact) mass is 277 g/mol. The van der Waals surface area contributed by atoms with Gasteiger partial charge in [-0.15, -0.1) is 0 Å². The molecule has 1 aromatic carbocycles. The van der Waals surface area contributed by atoms with Crippen LogP contribution in [-0.4, -0.2) is 16.3 Å². The fraction of sp³-hybridized carbons (Fsp3) is 0.182. The van der Waals surface area contributed by atoms with Crippen molar-refractivity contribution in [3.63, 3.8) is 0 Å². The first-order valence-corrected chi connectivity index (χ1v) is 5.63. The van der Waals surface area contributed by atoms with E-state index in [9.17, 15) is 0 Å². The van der Waals surface area contributed by atoms with Gasteiger partial charge in [0.05, 0.1) is 0 Å². The Morgan fingerprint density at radius 1 is 1.25 bits per heavy atom. The molecule has 1 aromatic rings. The maximum absolute atomic E-state index is 7.27. The zero-order valence-electron chi connectivity index (χ0n) is 8.29. The normalized spacial score (nSPS) is 11.7. The van der Waals surface area contributed by atoms with Crippen LogP contribution in [0, 0.1) is 5.41 Å². The minimum atomic E-state index is -1.79. The van der Waals surface area contributed by atoms with Gasteiger partial charge in [-0.1, -0.05) is 71.2 Å². The van der Waals surface area contributed by atoms with Crippen LogP contribution in [0.5, 0.6) is 0 Å². The Balaban J connectivity index is 2.37. The second-order valence-corrected chi connectivity index (χ2v) is 5.23. The third-order valence-corrected chi connectivity index (χ3v) is 2.21. The summed E-state index contributed by atoms with van der Waals surface area (Å²) in [4.78, 5) is 0. The zero-order valence-corrected chi connectivity index (χ0v) is 10.6. The summed E-state index contributed by atoms with van der Waals surface area (Å²) in [5.41, 5.74) is 1.05. The SMILES string of the molecule is N=C(OC/C=C/c1ccccc1)C(Cl)(Cl)Cl. The van der Waals surface area contributed by atoms with E-state index in [4.69, 9.17) is 44.9 Å². The minimum absolute atomic E-state index is 0.196. The number of rotatable bonds is 3. The third-order valence-electron chi connectivity index (χ3n) is 1.69. The second kappa shape index (κ2) is 6.14. The molecule has 16 heavy (non-hydrogen) atoms. The van der Waals surface area contributed by atoms with Gasteiger partial charge in [0, 0.05) is 0 Å². The van der Waals surface area contributed by atoms with Crippen LogP contribution < -0.4 is 0 Å². The van der Waals surface area contributed by atoms with Gasteiger partial charge >= 0.3 is 0 Å². The van der Waals surface area contributed by atoms with Crippen molar-refractivity contribution in [1.82, 2.24) is 0 Å². The molecule has 0 unspecified atom stereocenters. The van der Waals surface area contributed by atoms with Crippen molar-refractivity contribution in [3.05, 3.63) is 42.0 Å². The van der Waals surface area contributed by atoms with Crippen molar-refractivity contribution in [3.8, 4) is 0 Å². The first-order valence-electron chi connectivity index (χ1n) is 4.50. The van der Waals surface area contributed by atoms with Crippen molar-refractivity contribution in [1.29, 1.82) is 5.41 Å². The molecule has 0 heterocycles. The Bertz CT molecular complexity index is 371. The van der Waals surface area contributed by atoms with E-state index in [2.05, 4.69) is 0 Å². The van der Waals surface area contributed by atoms with Crippen LogP contribution in [0.2, 0.25) is 0 Å². The molecule has 0 saturated carbocycles.